The highest BCUT2D eigenvalue weighted by Crippen LogP contribution is 2.48. The second-order valence-electron chi connectivity index (χ2n) is 4.99. The van der Waals surface area contributed by atoms with E-state index in [0.717, 1.165) is 17.5 Å². The van der Waals surface area contributed by atoms with Crippen molar-refractivity contribution in [2.75, 3.05) is 0 Å². The van der Waals surface area contributed by atoms with Gasteiger partial charge in [0.25, 0.3) is 0 Å². The van der Waals surface area contributed by atoms with E-state index in [2.05, 4.69) is 10.1 Å². The van der Waals surface area contributed by atoms with Crippen molar-refractivity contribution in [3.8, 4) is 0 Å². The average molecular weight is 292 g/mol. The molecule has 5 nitrogen and oxygen atoms in total. The molecule has 1 saturated carbocycles. The van der Waals surface area contributed by atoms with E-state index in [9.17, 15) is 4.79 Å². The number of aryl methyl sites for hydroxylation is 1. The molecule has 0 N–H and O–H groups in total. The zero-order valence-electron chi connectivity index (χ0n) is 11.0. The Morgan fingerprint density at radius 2 is 2.45 bits per heavy atom. The van der Waals surface area contributed by atoms with Crippen molar-refractivity contribution in [1.82, 2.24) is 14.8 Å². The highest BCUT2D eigenvalue weighted by atomic mass is 35.5. The zero-order valence-corrected chi connectivity index (χ0v) is 11.7. The van der Waals surface area contributed by atoms with Gasteiger partial charge in [0.05, 0.1) is 12.1 Å². The third kappa shape index (κ3) is 2.82. The van der Waals surface area contributed by atoms with Crippen LogP contribution in [-0.4, -0.2) is 20.7 Å². The van der Waals surface area contributed by atoms with Crippen molar-refractivity contribution in [3.05, 3.63) is 47.0 Å². The van der Waals surface area contributed by atoms with Crippen LogP contribution >= 0.6 is 11.6 Å². The van der Waals surface area contributed by atoms with E-state index in [0.29, 0.717) is 5.15 Å². The smallest absolute Gasteiger partial charge is 0.309 e. The molecule has 2 heterocycles. The Balaban J connectivity index is 1.54. The molecule has 6 heteroatoms. The summed E-state index contributed by atoms with van der Waals surface area (Å²) in [5.74, 6) is 0.0422. The predicted octanol–water partition coefficient (Wildman–Crippen LogP) is 2.32. The Morgan fingerprint density at radius 3 is 3.15 bits per heavy atom. The van der Waals surface area contributed by atoms with Crippen molar-refractivity contribution in [3.63, 3.8) is 0 Å². The van der Waals surface area contributed by atoms with Crippen LogP contribution in [0.4, 0.5) is 0 Å². The van der Waals surface area contributed by atoms with Crippen molar-refractivity contribution >= 4 is 17.6 Å². The van der Waals surface area contributed by atoms with Gasteiger partial charge in [-0.25, -0.2) is 4.98 Å². The van der Waals surface area contributed by atoms with Gasteiger partial charge in [-0.3, -0.25) is 9.48 Å². The molecule has 20 heavy (non-hydrogen) atoms. The fraction of sp³-hybridized carbons (Fsp3) is 0.357. The van der Waals surface area contributed by atoms with Crippen LogP contribution in [0, 0.1) is 5.92 Å². The normalized spacial score (nSPS) is 20.7. The summed E-state index contributed by atoms with van der Waals surface area (Å²) < 4.78 is 7.06. The first-order valence-electron chi connectivity index (χ1n) is 6.39. The van der Waals surface area contributed by atoms with Gasteiger partial charge in [0, 0.05) is 25.4 Å². The highest BCUT2D eigenvalue weighted by molar-refractivity contribution is 6.29. The monoisotopic (exact) mass is 291 g/mol. The maximum Gasteiger partial charge on any atom is 0.309 e. The second-order valence-corrected chi connectivity index (χ2v) is 5.38. The van der Waals surface area contributed by atoms with Gasteiger partial charge in [-0.05, 0) is 29.7 Å². The molecule has 1 aliphatic rings. The summed E-state index contributed by atoms with van der Waals surface area (Å²) >= 11 is 5.78. The lowest BCUT2D eigenvalue weighted by atomic mass is 10.2. The largest absolute Gasteiger partial charge is 0.461 e. The number of halogens is 1. The van der Waals surface area contributed by atoms with Gasteiger partial charge in [0.1, 0.15) is 11.8 Å². The number of pyridine rings is 1. The highest BCUT2D eigenvalue weighted by Gasteiger charge is 2.45. The second kappa shape index (κ2) is 5.25. The van der Waals surface area contributed by atoms with E-state index in [-0.39, 0.29) is 24.4 Å². The standard InChI is InChI=1S/C14H14ClN3O2/c1-18-7-10(6-17-18)11-5-12(11)14(19)20-8-9-2-3-16-13(15)4-9/h2-4,6-7,11-12H,5,8H2,1H3. The van der Waals surface area contributed by atoms with Gasteiger partial charge in [-0.1, -0.05) is 11.6 Å². The van der Waals surface area contributed by atoms with Gasteiger partial charge >= 0.3 is 5.97 Å². The predicted molar refractivity (Wildman–Crippen MR) is 73.1 cm³/mol. The summed E-state index contributed by atoms with van der Waals surface area (Å²) in [6.45, 7) is 0.233. The molecule has 1 aliphatic carbocycles. The van der Waals surface area contributed by atoms with Crippen LogP contribution < -0.4 is 0 Å². The number of rotatable bonds is 4. The fourth-order valence-electron chi connectivity index (χ4n) is 2.25. The molecule has 2 unspecified atom stereocenters. The van der Waals surface area contributed by atoms with E-state index in [1.807, 2.05) is 13.2 Å². The van der Waals surface area contributed by atoms with Crippen molar-refractivity contribution in [2.24, 2.45) is 13.0 Å². The lowest BCUT2D eigenvalue weighted by Crippen LogP contribution is -2.08. The minimum atomic E-state index is -0.160. The quantitative estimate of drug-likeness (QED) is 0.641. The molecule has 2 aromatic rings. The lowest BCUT2D eigenvalue weighted by molar-refractivity contribution is -0.146. The summed E-state index contributed by atoms with van der Waals surface area (Å²) in [4.78, 5) is 15.8. The number of hydrogen-bond donors (Lipinski definition) is 0. The van der Waals surface area contributed by atoms with Crippen LogP contribution in [0.25, 0.3) is 0 Å². The number of esters is 1. The van der Waals surface area contributed by atoms with Crippen LogP contribution in [0.15, 0.2) is 30.7 Å². The van der Waals surface area contributed by atoms with Gasteiger partial charge in [0.15, 0.2) is 0 Å². The van der Waals surface area contributed by atoms with Crippen LogP contribution in [0.5, 0.6) is 0 Å². The number of carbonyl (C=O) groups is 1. The number of aromatic nitrogens is 3. The number of carbonyl (C=O) groups excluding carboxylic acids is 1. The van der Waals surface area contributed by atoms with Crippen molar-refractivity contribution < 1.29 is 9.53 Å². The van der Waals surface area contributed by atoms with Gasteiger partial charge < -0.3 is 4.74 Å². The molecule has 2 aromatic heterocycles. The Kier molecular flexibility index (Phi) is 3.44. The lowest BCUT2D eigenvalue weighted by Gasteiger charge is -2.04. The number of ether oxygens (including phenoxy) is 1. The molecule has 1 fully saturated rings. The zero-order chi connectivity index (χ0) is 14.1. The molecular weight excluding hydrogens is 278 g/mol. The van der Waals surface area contributed by atoms with Crippen molar-refractivity contribution in [2.45, 2.75) is 18.9 Å². The minimum Gasteiger partial charge on any atom is -0.461 e. The van der Waals surface area contributed by atoms with Crippen LogP contribution in [0.3, 0.4) is 0 Å². The summed E-state index contributed by atoms with van der Waals surface area (Å²) in [6.07, 6.45) is 6.18. The van der Waals surface area contributed by atoms with E-state index >= 15 is 0 Å². The summed E-state index contributed by atoms with van der Waals surface area (Å²) in [5.41, 5.74) is 1.94. The van der Waals surface area contributed by atoms with Gasteiger partial charge in [-0.2, -0.15) is 5.10 Å². The molecule has 0 amide bonds. The first-order valence-corrected chi connectivity index (χ1v) is 6.77. The molecule has 104 valence electrons. The van der Waals surface area contributed by atoms with Crippen molar-refractivity contribution in [1.29, 1.82) is 0 Å². The number of nitrogens with zero attached hydrogens (tertiary/aromatic N) is 3. The van der Waals surface area contributed by atoms with Gasteiger partial charge in [0.2, 0.25) is 0 Å². The molecule has 0 spiro atoms. The van der Waals surface area contributed by atoms with E-state index in [4.69, 9.17) is 16.3 Å². The first-order chi connectivity index (χ1) is 9.63. The maximum absolute atomic E-state index is 12.0. The molecule has 0 aromatic carbocycles. The molecule has 3 rings (SSSR count). The Bertz CT molecular complexity index is 641. The van der Waals surface area contributed by atoms with Crippen LogP contribution in [0.1, 0.15) is 23.5 Å². The number of hydrogen-bond acceptors (Lipinski definition) is 4. The molecule has 2 atom stereocenters. The van der Waals surface area contributed by atoms with Gasteiger partial charge in [-0.15, -0.1) is 0 Å². The summed E-state index contributed by atoms with van der Waals surface area (Å²) in [6, 6.07) is 3.48. The average Bonchev–Trinajstić information content (AvgIpc) is 3.12. The molecular formula is C14H14ClN3O2. The van der Waals surface area contributed by atoms with Crippen LogP contribution in [0.2, 0.25) is 5.15 Å². The Hall–Kier alpha value is -1.88. The Morgan fingerprint density at radius 1 is 1.60 bits per heavy atom. The fourth-order valence-corrected chi connectivity index (χ4v) is 2.45. The molecule has 0 bridgehead atoms. The molecule has 0 aliphatic heterocycles. The first kappa shape index (κ1) is 13.1. The third-order valence-electron chi connectivity index (χ3n) is 3.42. The molecule has 0 saturated heterocycles. The van der Waals surface area contributed by atoms with E-state index in [1.165, 1.54) is 0 Å². The molecule has 0 radical (unpaired) electrons. The topological polar surface area (TPSA) is 57.0 Å². The van der Waals surface area contributed by atoms with E-state index in [1.54, 1.807) is 29.2 Å². The SMILES string of the molecule is Cn1cc(C2CC2C(=O)OCc2ccnc(Cl)c2)cn1. The summed E-state index contributed by atoms with van der Waals surface area (Å²) in [5, 5.41) is 4.52. The minimum absolute atomic E-state index is 0.0449. The Labute approximate surface area is 121 Å². The third-order valence-corrected chi connectivity index (χ3v) is 3.62. The van der Waals surface area contributed by atoms with Crippen LogP contribution in [-0.2, 0) is 23.2 Å². The maximum atomic E-state index is 12.0. The van der Waals surface area contributed by atoms with E-state index < -0.39 is 0 Å². The summed E-state index contributed by atoms with van der Waals surface area (Å²) in [7, 11) is 1.87.